The first-order valence-corrected chi connectivity index (χ1v) is 11.6. The summed E-state index contributed by atoms with van der Waals surface area (Å²) in [5.41, 5.74) is 1.14. The number of likely N-dealkylation sites (tertiary alicyclic amines) is 1. The van der Waals surface area contributed by atoms with Gasteiger partial charge in [-0.3, -0.25) is 9.69 Å². The molecule has 2 amide bonds. The number of piperazine rings is 1. The summed E-state index contributed by atoms with van der Waals surface area (Å²) < 4.78 is 7.30. The second kappa shape index (κ2) is 10.6. The molecule has 0 aliphatic carbocycles. The third-order valence-electron chi connectivity index (χ3n) is 6.43. The molecular weight excluding hydrogens is 406 g/mol. The highest BCUT2D eigenvalue weighted by Crippen LogP contribution is 2.23. The zero-order valence-corrected chi connectivity index (χ0v) is 18.9. The Morgan fingerprint density at radius 3 is 2.38 bits per heavy atom. The summed E-state index contributed by atoms with van der Waals surface area (Å²) in [5.74, 6) is 1.77. The number of ether oxygens (including phenoxy) is 1. The molecular formula is C24H33N5O3. The minimum atomic E-state index is -0.282. The van der Waals surface area contributed by atoms with Gasteiger partial charge in [-0.25, -0.2) is 9.78 Å². The lowest BCUT2D eigenvalue weighted by molar-refractivity contribution is -0.134. The molecule has 2 saturated heterocycles. The summed E-state index contributed by atoms with van der Waals surface area (Å²) in [6.07, 6.45) is 5.81. The van der Waals surface area contributed by atoms with Crippen LogP contribution in [0.15, 0.2) is 42.7 Å². The molecule has 0 radical (unpaired) electrons. The molecule has 1 aromatic heterocycles. The van der Waals surface area contributed by atoms with E-state index in [1.54, 1.807) is 11.8 Å². The van der Waals surface area contributed by atoms with Gasteiger partial charge in [0.2, 0.25) is 5.91 Å². The van der Waals surface area contributed by atoms with E-state index in [0.717, 1.165) is 43.9 Å². The van der Waals surface area contributed by atoms with E-state index >= 15 is 0 Å². The topological polar surface area (TPSA) is 70.9 Å². The van der Waals surface area contributed by atoms with Crippen molar-refractivity contribution in [1.29, 1.82) is 0 Å². The number of hydrogen-bond acceptors (Lipinski definition) is 5. The standard InChI is InChI=1S/C24H33N5O3/c1-2-32-24(31)28-16-14-27(15-17-28)22(30)19-26-11-8-20(9-12-26)18-29-13-10-25-23(29)21-6-4-3-5-7-21/h3-7,10,13,20H,2,8-9,11-12,14-19H2,1H3. The number of carbonyl (C=O) groups excluding carboxylic acids is 2. The summed E-state index contributed by atoms with van der Waals surface area (Å²) in [5, 5.41) is 0. The Morgan fingerprint density at radius 2 is 1.69 bits per heavy atom. The molecule has 0 bridgehead atoms. The molecule has 0 atom stereocenters. The van der Waals surface area contributed by atoms with Gasteiger partial charge in [0.1, 0.15) is 5.82 Å². The lowest BCUT2D eigenvalue weighted by Gasteiger charge is -2.36. The quantitative estimate of drug-likeness (QED) is 0.692. The molecule has 2 aliphatic heterocycles. The van der Waals surface area contributed by atoms with Crippen LogP contribution in [0.1, 0.15) is 19.8 Å². The minimum Gasteiger partial charge on any atom is -0.450 e. The third-order valence-corrected chi connectivity index (χ3v) is 6.43. The van der Waals surface area contributed by atoms with Crippen LogP contribution >= 0.6 is 0 Å². The summed E-state index contributed by atoms with van der Waals surface area (Å²) in [6.45, 7) is 7.73. The molecule has 0 spiro atoms. The fourth-order valence-electron chi connectivity index (χ4n) is 4.55. The zero-order valence-electron chi connectivity index (χ0n) is 18.9. The Hall–Kier alpha value is -2.87. The smallest absolute Gasteiger partial charge is 0.409 e. The average molecular weight is 440 g/mol. The van der Waals surface area contributed by atoms with Gasteiger partial charge >= 0.3 is 6.09 Å². The Labute approximate surface area is 189 Å². The van der Waals surface area contributed by atoms with E-state index < -0.39 is 0 Å². The molecule has 8 nitrogen and oxygen atoms in total. The molecule has 32 heavy (non-hydrogen) atoms. The van der Waals surface area contributed by atoms with Crippen LogP contribution in [0.2, 0.25) is 0 Å². The lowest BCUT2D eigenvalue weighted by Crippen LogP contribution is -2.53. The van der Waals surface area contributed by atoms with E-state index in [-0.39, 0.29) is 12.0 Å². The van der Waals surface area contributed by atoms with E-state index in [2.05, 4.69) is 32.8 Å². The number of carbonyl (C=O) groups is 2. The highest BCUT2D eigenvalue weighted by molar-refractivity contribution is 5.78. The first-order valence-electron chi connectivity index (χ1n) is 11.6. The molecule has 1 aromatic carbocycles. The van der Waals surface area contributed by atoms with Gasteiger partial charge in [0, 0.05) is 50.7 Å². The van der Waals surface area contributed by atoms with Gasteiger partial charge in [0.15, 0.2) is 0 Å². The normalized spacial score (nSPS) is 18.0. The summed E-state index contributed by atoms with van der Waals surface area (Å²) in [4.78, 5) is 34.9. The van der Waals surface area contributed by atoms with Crippen molar-refractivity contribution in [1.82, 2.24) is 24.3 Å². The van der Waals surface area contributed by atoms with E-state index in [0.29, 0.717) is 45.2 Å². The zero-order chi connectivity index (χ0) is 22.3. The summed E-state index contributed by atoms with van der Waals surface area (Å²) >= 11 is 0. The second-order valence-corrected chi connectivity index (χ2v) is 8.56. The number of amides is 2. The number of imidazole rings is 1. The molecule has 0 N–H and O–H groups in total. The monoisotopic (exact) mass is 439 g/mol. The maximum Gasteiger partial charge on any atom is 0.409 e. The van der Waals surface area contributed by atoms with Gasteiger partial charge in [-0.2, -0.15) is 0 Å². The fraction of sp³-hybridized carbons (Fsp3) is 0.542. The largest absolute Gasteiger partial charge is 0.450 e. The minimum absolute atomic E-state index is 0.160. The van der Waals surface area contributed by atoms with E-state index in [1.165, 1.54) is 0 Å². The van der Waals surface area contributed by atoms with E-state index in [9.17, 15) is 9.59 Å². The molecule has 0 unspecified atom stereocenters. The number of piperidine rings is 1. The first kappa shape index (κ1) is 22.3. The molecule has 172 valence electrons. The number of nitrogens with zero attached hydrogens (tertiary/aromatic N) is 5. The predicted octanol–water partition coefficient (Wildman–Crippen LogP) is 2.56. The predicted molar refractivity (Wildman–Crippen MR) is 122 cm³/mol. The van der Waals surface area contributed by atoms with Gasteiger partial charge < -0.3 is 19.1 Å². The van der Waals surface area contributed by atoms with Crippen molar-refractivity contribution in [2.75, 3.05) is 52.4 Å². The average Bonchev–Trinajstić information content (AvgIpc) is 3.29. The second-order valence-electron chi connectivity index (χ2n) is 8.56. The Kier molecular flexibility index (Phi) is 7.42. The van der Waals surface area contributed by atoms with Crippen molar-refractivity contribution in [2.45, 2.75) is 26.3 Å². The Bertz CT molecular complexity index is 884. The van der Waals surface area contributed by atoms with Gasteiger partial charge in [-0.1, -0.05) is 30.3 Å². The van der Waals surface area contributed by atoms with Crippen LogP contribution in [-0.4, -0.2) is 88.7 Å². The number of aromatic nitrogens is 2. The van der Waals surface area contributed by atoms with Crippen LogP contribution in [-0.2, 0) is 16.1 Å². The molecule has 0 saturated carbocycles. The first-order chi connectivity index (χ1) is 15.6. The lowest BCUT2D eigenvalue weighted by atomic mass is 9.96. The van der Waals surface area contributed by atoms with Crippen molar-refractivity contribution < 1.29 is 14.3 Å². The van der Waals surface area contributed by atoms with Gasteiger partial charge in [0.25, 0.3) is 0 Å². The third kappa shape index (κ3) is 5.48. The Balaban J connectivity index is 1.21. The van der Waals surface area contributed by atoms with Crippen molar-refractivity contribution in [2.24, 2.45) is 5.92 Å². The van der Waals surface area contributed by atoms with Gasteiger partial charge in [-0.05, 0) is 38.8 Å². The SMILES string of the molecule is CCOC(=O)N1CCN(C(=O)CN2CCC(Cn3ccnc3-c3ccccc3)CC2)CC1. The highest BCUT2D eigenvalue weighted by atomic mass is 16.6. The fourth-order valence-corrected chi connectivity index (χ4v) is 4.55. The molecule has 2 fully saturated rings. The van der Waals surface area contributed by atoms with Crippen molar-refractivity contribution >= 4 is 12.0 Å². The van der Waals surface area contributed by atoms with E-state index in [4.69, 9.17) is 4.74 Å². The maximum absolute atomic E-state index is 12.7. The number of hydrogen-bond donors (Lipinski definition) is 0. The Morgan fingerprint density at radius 1 is 1.00 bits per heavy atom. The van der Waals surface area contributed by atoms with Crippen molar-refractivity contribution in [3.8, 4) is 11.4 Å². The summed E-state index contributed by atoms with van der Waals surface area (Å²) in [7, 11) is 0. The maximum atomic E-state index is 12.7. The molecule has 4 rings (SSSR count). The van der Waals surface area contributed by atoms with E-state index in [1.807, 2.05) is 29.3 Å². The molecule has 3 heterocycles. The van der Waals surface area contributed by atoms with Crippen LogP contribution < -0.4 is 0 Å². The van der Waals surface area contributed by atoms with Gasteiger partial charge in [0.05, 0.1) is 13.2 Å². The van der Waals surface area contributed by atoms with Crippen LogP contribution in [0.25, 0.3) is 11.4 Å². The van der Waals surface area contributed by atoms with Gasteiger partial charge in [-0.15, -0.1) is 0 Å². The molecule has 2 aliphatic rings. The van der Waals surface area contributed by atoms with Crippen molar-refractivity contribution in [3.63, 3.8) is 0 Å². The molecule has 8 heteroatoms. The number of rotatable bonds is 6. The highest BCUT2D eigenvalue weighted by Gasteiger charge is 2.27. The number of benzene rings is 1. The van der Waals surface area contributed by atoms with Crippen LogP contribution in [0.5, 0.6) is 0 Å². The van der Waals surface area contributed by atoms with Crippen LogP contribution in [0, 0.1) is 5.92 Å². The van der Waals surface area contributed by atoms with Crippen LogP contribution in [0.3, 0.4) is 0 Å². The molecule has 2 aromatic rings. The summed E-state index contributed by atoms with van der Waals surface area (Å²) in [6, 6.07) is 10.3. The van der Waals surface area contributed by atoms with Crippen LogP contribution in [0.4, 0.5) is 4.79 Å². The van der Waals surface area contributed by atoms with Crippen molar-refractivity contribution in [3.05, 3.63) is 42.7 Å².